The summed E-state index contributed by atoms with van der Waals surface area (Å²) >= 11 is 0. The number of nitrogens with two attached hydrogens (primary N) is 1. The molecule has 0 unspecified atom stereocenters. The lowest BCUT2D eigenvalue weighted by Crippen LogP contribution is -2.27. The second-order valence-corrected chi connectivity index (χ2v) is 8.78. The van der Waals surface area contributed by atoms with E-state index in [-0.39, 0.29) is 28.3 Å². The number of nitrogen functional groups attached to an aromatic ring is 1. The Balaban J connectivity index is 1.68. The van der Waals surface area contributed by atoms with E-state index in [9.17, 15) is 18.5 Å². The van der Waals surface area contributed by atoms with Crippen molar-refractivity contribution < 1.29 is 17.5 Å². The van der Waals surface area contributed by atoms with Gasteiger partial charge in [0.05, 0.1) is 10.6 Å². The van der Waals surface area contributed by atoms with Crippen molar-refractivity contribution in [1.29, 1.82) is 0 Å². The van der Waals surface area contributed by atoms with Crippen LogP contribution in [0.15, 0.2) is 29.2 Å². The number of hydrogen-bond acceptors (Lipinski definition) is 8. The van der Waals surface area contributed by atoms with Gasteiger partial charge in [0.1, 0.15) is 4.90 Å². The molecule has 1 aromatic heterocycles. The highest BCUT2D eigenvalue weighted by Gasteiger charge is 2.36. The first-order valence-corrected chi connectivity index (χ1v) is 10.6. The van der Waals surface area contributed by atoms with Crippen molar-refractivity contribution in [3.8, 4) is 5.88 Å². The molecule has 9 nitrogen and oxygen atoms in total. The predicted octanol–water partition coefficient (Wildman–Crippen LogP) is 2.95. The van der Waals surface area contributed by atoms with Gasteiger partial charge in [0, 0.05) is 23.6 Å². The van der Waals surface area contributed by atoms with Crippen LogP contribution in [0.5, 0.6) is 5.88 Å². The lowest BCUT2D eigenvalue weighted by atomic mass is 9.70. The molecular weight excluding hydrogens is 384 g/mol. The van der Waals surface area contributed by atoms with E-state index in [1.54, 1.807) is 0 Å². The van der Waals surface area contributed by atoms with Crippen LogP contribution in [-0.2, 0) is 16.5 Å². The van der Waals surface area contributed by atoms with Gasteiger partial charge in [-0.1, -0.05) is 12.8 Å². The number of benzene rings is 1. The van der Waals surface area contributed by atoms with Crippen molar-refractivity contribution in [2.24, 2.45) is 5.92 Å². The Kier molecular flexibility index (Phi) is 4.66. The molecule has 0 radical (unpaired) electrons. The van der Waals surface area contributed by atoms with Gasteiger partial charge in [-0.3, -0.25) is 10.1 Å². The number of nitro groups is 1. The average Bonchev–Trinajstić information content (AvgIpc) is 2.67. The van der Waals surface area contributed by atoms with Crippen LogP contribution < -0.4 is 9.92 Å². The maximum atomic E-state index is 12.7. The van der Waals surface area contributed by atoms with E-state index in [0.717, 1.165) is 55.6 Å². The van der Waals surface area contributed by atoms with Gasteiger partial charge in [-0.15, -0.1) is 0 Å². The fourth-order valence-corrected chi connectivity index (χ4v) is 5.15. The largest absolute Gasteiger partial charge is 0.368 e. The van der Waals surface area contributed by atoms with Gasteiger partial charge in [-0.25, -0.2) is 4.98 Å². The molecule has 2 aliphatic rings. The van der Waals surface area contributed by atoms with Gasteiger partial charge in [-0.05, 0) is 43.7 Å². The SMILES string of the molecule is Nc1nc(OS(=O)(=O)c2ccc([N+](=O)[O-])cc2)c2c(n1)[C@H]1CCCC[C@H]1CC2. The summed E-state index contributed by atoms with van der Waals surface area (Å²) in [6.45, 7) is 0. The average molecular weight is 404 g/mol. The van der Waals surface area contributed by atoms with Crippen LogP contribution in [0.4, 0.5) is 11.6 Å². The van der Waals surface area contributed by atoms with Crippen molar-refractivity contribution >= 4 is 21.8 Å². The molecule has 1 aromatic carbocycles. The Bertz CT molecular complexity index is 1020. The normalized spacial score (nSPS) is 21.4. The maximum Gasteiger partial charge on any atom is 0.340 e. The molecule has 1 fully saturated rings. The summed E-state index contributed by atoms with van der Waals surface area (Å²) in [6, 6.07) is 4.52. The first kappa shape index (κ1) is 18.6. The number of nitrogens with zero attached hydrogens (tertiary/aromatic N) is 3. The minimum Gasteiger partial charge on any atom is -0.368 e. The van der Waals surface area contributed by atoms with Crippen molar-refractivity contribution in [1.82, 2.24) is 9.97 Å². The van der Waals surface area contributed by atoms with E-state index >= 15 is 0 Å². The summed E-state index contributed by atoms with van der Waals surface area (Å²) in [6.07, 6.45) is 6.05. The van der Waals surface area contributed by atoms with Crippen LogP contribution in [0.1, 0.15) is 49.3 Å². The summed E-state index contributed by atoms with van der Waals surface area (Å²) in [7, 11) is -4.20. The minimum atomic E-state index is -4.20. The fraction of sp³-hybridized carbons (Fsp3) is 0.444. The molecule has 0 spiro atoms. The zero-order chi connectivity index (χ0) is 19.9. The highest BCUT2D eigenvalue weighted by molar-refractivity contribution is 7.87. The second kappa shape index (κ2) is 7.01. The van der Waals surface area contributed by atoms with Gasteiger partial charge in [0.25, 0.3) is 5.69 Å². The first-order valence-electron chi connectivity index (χ1n) is 9.20. The topological polar surface area (TPSA) is 138 Å². The lowest BCUT2D eigenvalue weighted by Gasteiger charge is -2.36. The molecule has 0 bridgehead atoms. The molecule has 0 saturated heterocycles. The highest BCUT2D eigenvalue weighted by atomic mass is 32.2. The monoisotopic (exact) mass is 404 g/mol. The molecule has 4 rings (SSSR count). The van der Waals surface area contributed by atoms with E-state index in [4.69, 9.17) is 9.92 Å². The summed E-state index contributed by atoms with van der Waals surface area (Å²) in [5.74, 6) is 0.741. The van der Waals surface area contributed by atoms with Crippen LogP contribution in [0, 0.1) is 16.0 Å². The standard InChI is InChI=1S/C18H20N4O5S/c19-18-20-16-14-4-2-1-3-11(14)5-10-15(16)17(21-18)27-28(25,26)13-8-6-12(7-9-13)22(23)24/h6-9,11,14H,1-5,10H2,(H2,19,20,21)/t11-,14-/m0/s1. The Morgan fingerprint density at radius 1 is 1.11 bits per heavy atom. The minimum absolute atomic E-state index is 0.0149. The van der Waals surface area contributed by atoms with Gasteiger partial charge in [-0.2, -0.15) is 13.4 Å². The molecule has 1 heterocycles. The molecule has 148 valence electrons. The van der Waals surface area contributed by atoms with Crippen molar-refractivity contribution in [2.45, 2.75) is 49.3 Å². The molecule has 2 aliphatic carbocycles. The third kappa shape index (κ3) is 3.39. The number of rotatable bonds is 4. The highest BCUT2D eigenvalue weighted by Crippen LogP contribution is 2.46. The molecule has 2 atom stereocenters. The quantitative estimate of drug-likeness (QED) is 0.466. The van der Waals surface area contributed by atoms with Crippen molar-refractivity contribution in [2.75, 3.05) is 5.73 Å². The third-order valence-electron chi connectivity index (χ3n) is 5.57. The number of nitro benzene ring substituents is 1. The van der Waals surface area contributed by atoms with Crippen molar-refractivity contribution in [3.63, 3.8) is 0 Å². The Morgan fingerprint density at radius 3 is 2.54 bits per heavy atom. The van der Waals surface area contributed by atoms with E-state index in [2.05, 4.69) is 9.97 Å². The Hall–Kier alpha value is -2.75. The zero-order valence-electron chi connectivity index (χ0n) is 15.1. The van der Waals surface area contributed by atoms with Crippen LogP contribution in [0.2, 0.25) is 0 Å². The number of fused-ring (bicyclic) bond motifs is 3. The smallest absolute Gasteiger partial charge is 0.340 e. The van der Waals surface area contributed by atoms with Gasteiger partial charge < -0.3 is 9.92 Å². The Morgan fingerprint density at radius 2 is 1.82 bits per heavy atom. The summed E-state index contributed by atoms with van der Waals surface area (Å²) in [4.78, 5) is 18.4. The van der Waals surface area contributed by atoms with Gasteiger partial charge in [0.15, 0.2) is 0 Å². The number of anilines is 1. The van der Waals surface area contributed by atoms with Crippen LogP contribution in [-0.4, -0.2) is 23.3 Å². The van der Waals surface area contributed by atoms with Crippen LogP contribution >= 0.6 is 0 Å². The summed E-state index contributed by atoms with van der Waals surface area (Å²) in [5.41, 5.74) is 7.14. The second-order valence-electron chi connectivity index (χ2n) is 7.23. The fourth-order valence-electron chi connectivity index (χ4n) is 4.24. The molecule has 0 amide bonds. The molecule has 2 aromatic rings. The molecule has 2 N–H and O–H groups in total. The number of non-ortho nitro benzene ring substituents is 1. The van der Waals surface area contributed by atoms with E-state index in [0.29, 0.717) is 17.9 Å². The maximum absolute atomic E-state index is 12.7. The molecule has 1 saturated carbocycles. The first-order chi connectivity index (χ1) is 13.3. The van der Waals surface area contributed by atoms with E-state index in [1.165, 1.54) is 6.42 Å². The van der Waals surface area contributed by atoms with Gasteiger partial charge >= 0.3 is 10.1 Å². The predicted molar refractivity (Wildman–Crippen MR) is 100 cm³/mol. The van der Waals surface area contributed by atoms with Gasteiger partial charge in [0.2, 0.25) is 11.8 Å². The van der Waals surface area contributed by atoms with E-state index < -0.39 is 15.0 Å². The summed E-state index contributed by atoms with van der Waals surface area (Å²) < 4.78 is 30.7. The lowest BCUT2D eigenvalue weighted by molar-refractivity contribution is -0.384. The van der Waals surface area contributed by atoms with Crippen LogP contribution in [0.3, 0.4) is 0 Å². The molecular formula is C18H20N4O5S. The molecule has 0 aliphatic heterocycles. The Labute approximate surface area is 162 Å². The number of hydrogen-bond donors (Lipinski definition) is 1. The molecule has 10 heteroatoms. The van der Waals surface area contributed by atoms with E-state index in [1.807, 2.05) is 0 Å². The third-order valence-corrected chi connectivity index (χ3v) is 6.80. The molecule has 28 heavy (non-hydrogen) atoms. The van der Waals surface area contributed by atoms with Crippen LogP contribution in [0.25, 0.3) is 0 Å². The summed E-state index contributed by atoms with van der Waals surface area (Å²) in [5, 5.41) is 10.8. The number of aromatic nitrogens is 2. The van der Waals surface area contributed by atoms with Crippen molar-refractivity contribution in [3.05, 3.63) is 45.6 Å². The zero-order valence-corrected chi connectivity index (χ0v) is 15.9.